The third kappa shape index (κ3) is 4.67. The van der Waals surface area contributed by atoms with E-state index in [-0.39, 0.29) is 17.4 Å². The van der Waals surface area contributed by atoms with Crippen LogP contribution in [0.15, 0.2) is 18.2 Å². The Balaban J connectivity index is 2.97. The summed E-state index contributed by atoms with van der Waals surface area (Å²) >= 11 is 9.39. The predicted molar refractivity (Wildman–Crippen MR) is 87.1 cm³/mol. The summed E-state index contributed by atoms with van der Waals surface area (Å²) in [5.41, 5.74) is 0.443. The molecule has 0 aliphatic heterocycles. The molecule has 3 nitrogen and oxygen atoms in total. The average Bonchev–Trinajstić information content (AvgIpc) is 2.37. The largest absolute Gasteiger partial charge is 0.496 e. The summed E-state index contributed by atoms with van der Waals surface area (Å²) in [6, 6.07) is 5.10. The first-order valence-electron chi connectivity index (χ1n) is 6.50. The van der Waals surface area contributed by atoms with Crippen molar-refractivity contribution >= 4 is 33.4 Å². The van der Waals surface area contributed by atoms with Crippen molar-refractivity contribution in [2.45, 2.75) is 33.2 Å². The highest BCUT2D eigenvalue weighted by molar-refractivity contribution is 9.09. The molecule has 0 aromatic heterocycles. The summed E-state index contributed by atoms with van der Waals surface area (Å²) in [7, 11) is 1.54. The van der Waals surface area contributed by atoms with E-state index in [9.17, 15) is 4.79 Å². The molecular weight excluding hydrogens is 342 g/mol. The standard InChI is InChI=1S/C15H21BrClNO2/c1-15(2,3)13(7-8-16)18-14(19)11-9-10(17)5-6-12(11)20-4/h5-6,9,13H,7-8H2,1-4H3,(H,18,19). The molecule has 0 spiro atoms. The fraction of sp³-hybridized carbons (Fsp3) is 0.533. The van der Waals surface area contributed by atoms with Gasteiger partial charge >= 0.3 is 0 Å². The molecule has 1 amide bonds. The van der Waals surface area contributed by atoms with Crippen molar-refractivity contribution in [3.05, 3.63) is 28.8 Å². The van der Waals surface area contributed by atoms with Crippen molar-refractivity contribution in [1.82, 2.24) is 5.32 Å². The van der Waals surface area contributed by atoms with Gasteiger partial charge in [-0.2, -0.15) is 0 Å². The van der Waals surface area contributed by atoms with Crippen LogP contribution in [0.1, 0.15) is 37.6 Å². The van der Waals surface area contributed by atoms with E-state index < -0.39 is 0 Å². The first kappa shape index (κ1) is 17.3. The van der Waals surface area contributed by atoms with Crippen LogP contribution in [-0.2, 0) is 0 Å². The number of carbonyl (C=O) groups is 1. The van der Waals surface area contributed by atoms with E-state index in [1.807, 2.05) is 0 Å². The number of alkyl halides is 1. The molecule has 0 saturated heterocycles. The van der Waals surface area contributed by atoms with Gasteiger partial charge < -0.3 is 10.1 Å². The Hall–Kier alpha value is -0.740. The van der Waals surface area contributed by atoms with Crippen LogP contribution in [0.3, 0.4) is 0 Å². The normalized spacial score (nSPS) is 12.9. The van der Waals surface area contributed by atoms with Crippen LogP contribution in [0.5, 0.6) is 5.75 Å². The number of nitrogens with one attached hydrogen (secondary N) is 1. The molecule has 1 N–H and O–H groups in total. The molecule has 1 unspecified atom stereocenters. The summed E-state index contributed by atoms with van der Waals surface area (Å²) in [5.74, 6) is 0.364. The first-order chi connectivity index (χ1) is 9.29. The van der Waals surface area contributed by atoms with Gasteiger partial charge in [0.25, 0.3) is 5.91 Å². The molecule has 1 atom stereocenters. The second-order valence-electron chi connectivity index (χ2n) is 5.71. The molecule has 0 radical (unpaired) electrons. The van der Waals surface area contributed by atoms with Gasteiger partial charge in [-0.05, 0) is 30.0 Å². The van der Waals surface area contributed by atoms with Crippen LogP contribution in [0.25, 0.3) is 0 Å². The Morgan fingerprint density at radius 1 is 1.45 bits per heavy atom. The van der Waals surface area contributed by atoms with E-state index in [4.69, 9.17) is 16.3 Å². The highest BCUT2D eigenvalue weighted by atomic mass is 79.9. The third-order valence-electron chi connectivity index (χ3n) is 3.15. The second-order valence-corrected chi connectivity index (χ2v) is 6.94. The Bertz CT molecular complexity index is 471. The number of methoxy groups -OCH3 is 1. The topological polar surface area (TPSA) is 38.3 Å². The maximum atomic E-state index is 12.4. The van der Waals surface area contributed by atoms with Crippen molar-refractivity contribution in [1.29, 1.82) is 0 Å². The smallest absolute Gasteiger partial charge is 0.255 e. The molecule has 112 valence electrons. The van der Waals surface area contributed by atoms with Crippen molar-refractivity contribution < 1.29 is 9.53 Å². The van der Waals surface area contributed by atoms with Gasteiger partial charge in [0.2, 0.25) is 0 Å². The zero-order valence-corrected chi connectivity index (χ0v) is 14.6. The van der Waals surface area contributed by atoms with E-state index in [0.717, 1.165) is 11.8 Å². The lowest BCUT2D eigenvalue weighted by Crippen LogP contribution is -2.44. The predicted octanol–water partition coefficient (Wildman–Crippen LogP) is 4.28. The number of halogens is 2. The SMILES string of the molecule is COc1ccc(Cl)cc1C(=O)NC(CCBr)C(C)(C)C. The summed E-state index contributed by atoms with van der Waals surface area (Å²) in [4.78, 5) is 12.4. The fourth-order valence-electron chi connectivity index (χ4n) is 1.92. The molecule has 1 aromatic rings. The number of hydrogen-bond donors (Lipinski definition) is 1. The molecule has 0 heterocycles. The number of rotatable bonds is 5. The van der Waals surface area contributed by atoms with Crippen LogP contribution in [0.2, 0.25) is 5.02 Å². The lowest BCUT2D eigenvalue weighted by molar-refractivity contribution is 0.0897. The zero-order valence-electron chi connectivity index (χ0n) is 12.3. The van der Waals surface area contributed by atoms with Crippen molar-refractivity contribution in [2.75, 3.05) is 12.4 Å². The van der Waals surface area contributed by atoms with Crippen LogP contribution in [0, 0.1) is 5.41 Å². The second kappa shape index (κ2) is 7.32. The number of carbonyl (C=O) groups excluding carboxylic acids is 1. The van der Waals surface area contributed by atoms with Gasteiger partial charge in [0.15, 0.2) is 0 Å². The Kier molecular flexibility index (Phi) is 6.34. The summed E-state index contributed by atoms with van der Waals surface area (Å²) < 4.78 is 5.22. The van der Waals surface area contributed by atoms with E-state index in [1.165, 1.54) is 0 Å². The van der Waals surface area contributed by atoms with Gasteiger partial charge in [0.05, 0.1) is 12.7 Å². The average molecular weight is 363 g/mol. The summed E-state index contributed by atoms with van der Waals surface area (Å²) in [6.07, 6.45) is 0.859. The number of benzene rings is 1. The molecular formula is C15H21BrClNO2. The van der Waals surface area contributed by atoms with Crippen LogP contribution in [-0.4, -0.2) is 24.4 Å². The Morgan fingerprint density at radius 3 is 2.60 bits per heavy atom. The molecule has 0 bridgehead atoms. The molecule has 20 heavy (non-hydrogen) atoms. The summed E-state index contributed by atoms with van der Waals surface area (Å²) in [6.45, 7) is 6.32. The van der Waals surface area contributed by atoms with Crippen LogP contribution in [0.4, 0.5) is 0 Å². The van der Waals surface area contributed by atoms with Crippen molar-refractivity contribution in [3.63, 3.8) is 0 Å². The maximum Gasteiger partial charge on any atom is 0.255 e. The fourth-order valence-corrected chi connectivity index (χ4v) is 2.55. The van der Waals surface area contributed by atoms with E-state index in [2.05, 4.69) is 42.0 Å². The van der Waals surface area contributed by atoms with E-state index in [0.29, 0.717) is 16.3 Å². The van der Waals surface area contributed by atoms with Crippen LogP contribution >= 0.6 is 27.5 Å². The minimum Gasteiger partial charge on any atom is -0.496 e. The lowest BCUT2D eigenvalue weighted by Gasteiger charge is -2.31. The Morgan fingerprint density at radius 2 is 2.10 bits per heavy atom. The highest BCUT2D eigenvalue weighted by Crippen LogP contribution is 2.26. The molecule has 1 rings (SSSR count). The highest BCUT2D eigenvalue weighted by Gasteiger charge is 2.26. The van der Waals surface area contributed by atoms with Gasteiger partial charge in [-0.15, -0.1) is 0 Å². The monoisotopic (exact) mass is 361 g/mol. The van der Waals surface area contributed by atoms with E-state index in [1.54, 1.807) is 25.3 Å². The molecule has 5 heteroatoms. The number of ether oxygens (including phenoxy) is 1. The van der Waals surface area contributed by atoms with Gasteiger partial charge in [-0.1, -0.05) is 48.3 Å². The minimum absolute atomic E-state index is 0.0186. The minimum atomic E-state index is -0.162. The van der Waals surface area contributed by atoms with Crippen molar-refractivity contribution in [3.8, 4) is 5.75 Å². The number of hydrogen-bond acceptors (Lipinski definition) is 2. The molecule has 0 aliphatic carbocycles. The number of amides is 1. The lowest BCUT2D eigenvalue weighted by atomic mass is 9.85. The molecule has 0 saturated carbocycles. The van der Waals surface area contributed by atoms with E-state index >= 15 is 0 Å². The van der Waals surface area contributed by atoms with Gasteiger partial charge in [-0.3, -0.25) is 4.79 Å². The van der Waals surface area contributed by atoms with Crippen LogP contribution < -0.4 is 10.1 Å². The Labute approximate surface area is 134 Å². The molecule has 0 aliphatic rings. The quantitative estimate of drug-likeness (QED) is 0.794. The molecule has 1 aromatic carbocycles. The van der Waals surface area contributed by atoms with Gasteiger partial charge in [-0.25, -0.2) is 0 Å². The maximum absolute atomic E-state index is 12.4. The zero-order chi connectivity index (χ0) is 15.3. The first-order valence-corrected chi connectivity index (χ1v) is 8.00. The van der Waals surface area contributed by atoms with Crippen molar-refractivity contribution in [2.24, 2.45) is 5.41 Å². The van der Waals surface area contributed by atoms with Gasteiger partial charge in [0, 0.05) is 16.4 Å². The summed E-state index contributed by atoms with van der Waals surface area (Å²) in [5, 5.41) is 4.42. The van der Waals surface area contributed by atoms with Gasteiger partial charge in [0.1, 0.15) is 5.75 Å². The molecule has 0 fully saturated rings. The third-order valence-corrected chi connectivity index (χ3v) is 3.85.